The van der Waals surface area contributed by atoms with Crippen LogP contribution >= 0.6 is 0 Å². The summed E-state index contributed by atoms with van der Waals surface area (Å²) in [6.45, 7) is 7.47. The molecule has 1 rings (SSSR count). The highest BCUT2D eigenvalue weighted by molar-refractivity contribution is 5.75. The highest BCUT2D eigenvalue weighted by Gasteiger charge is 2.43. The predicted octanol–water partition coefficient (Wildman–Crippen LogP) is 2.08. The number of aliphatic carboxylic acids is 1. The summed E-state index contributed by atoms with van der Waals surface area (Å²) in [5.74, 6) is 0.293. The van der Waals surface area contributed by atoms with Gasteiger partial charge in [0.1, 0.15) is 0 Å². The second-order valence-corrected chi connectivity index (χ2v) is 5.90. The van der Waals surface area contributed by atoms with Crippen LogP contribution in [-0.4, -0.2) is 35.8 Å². The van der Waals surface area contributed by atoms with Crippen LogP contribution in [0.5, 0.6) is 11.5 Å². The Morgan fingerprint density at radius 3 is 2.38 bits per heavy atom. The average Bonchev–Trinajstić information content (AvgIpc) is 2.44. The summed E-state index contributed by atoms with van der Waals surface area (Å²) in [7, 11) is 3.11. The van der Waals surface area contributed by atoms with E-state index in [0.29, 0.717) is 23.7 Å². The SMILES string of the molecule is COc1ccnc(CNC(C)(C)C(C)(C)C(=O)O)c1OC. The molecule has 6 nitrogen and oxygen atoms in total. The number of carboxylic acid groups (broad SMARTS) is 1. The number of aromatic nitrogens is 1. The first-order chi connectivity index (χ1) is 9.67. The van der Waals surface area contributed by atoms with Crippen LogP contribution in [0.3, 0.4) is 0 Å². The monoisotopic (exact) mass is 296 g/mol. The van der Waals surface area contributed by atoms with Crippen molar-refractivity contribution in [1.29, 1.82) is 0 Å². The van der Waals surface area contributed by atoms with E-state index in [-0.39, 0.29) is 0 Å². The van der Waals surface area contributed by atoms with Gasteiger partial charge in [-0.05, 0) is 27.7 Å². The van der Waals surface area contributed by atoms with Gasteiger partial charge in [0.25, 0.3) is 0 Å². The molecule has 0 unspecified atom stereocenters. The van der Waals surface area contributed by atoms with Crippen LogP contribution in [0.2, 0.25) is 0 Å². The molecular weight excluding hydrogens is 272 g/mol. The Balaban J connectivity index is 2.96. The molecule has 0 aromatic carbocycles. The van der Waals surface area contributed by atoms with Crippen molar-refractivity contribution in [3.05, 3.63) is 18.0 Å². The molecule has 1 heterocycles. The molecule has 0 saturated carbocycles. The van der Waals surface area contributed by atoms with Gasteiger partial charge in [-0.3, -0.25) is 9.78 Å². The van der Waals surface area contributed by atoms with Gasteiger partial charge < -0.3 is 19.9 Å². The molecule has 0 saturated heterocycles. The lowest BCUT2D eigenvalue weighted by Gasteiger charge is -2.39. The van der Waals surface area contributed by atoms with E-state index < -0.39 is 16.9 Å². The fraction of sp³-hybridized carbons (Fsp3) is 0.600. The van der Waals surface area contributed by atoms with Crippen molar-refractivity contribution in [3.8, 4) is 11.5 Å². The van der Waals surface area contributed by atoms with Gasteiger partial charge in [0.05, 0.1) is 25.3 Å². The van der Waals surface area contributed by atoms with Crippen LogP contribution in [0.1, 0.15) is 33.4 Å². The number of methoxy groups -OCH3 is 2. The molecule has 0 aliphatic rings. The summed E-state index contributed by atoms with van der Waals surface area (Å²) in [6, 6.07) is 1.72. The van der Waals surface area contributed by atoms with Gasteiger partial charge in [-0.2, -0.15) is 0 Å². The Hall–Kier alpha value is -1.82. The fourth-order valence-corrected chi connectivity index (χ4v) is 1.77. The van der Waals surface area contributed by atoms with E-state index in [1.165, 1.54) is 0 Å². The molecule has 2 N–H and O–H groups in total. The van der Waals surface area contributed by atoms with Gasteiger partial charge in [0, 0.05) is 24.3 Å². The van der Waals surface area contributed by atoms with Crippen LogP contribution in [0.4, 0.5) is 0 Å². The van der Waals surface area contributed by atoms with Crippen LogP contribution < -0.4 is 14.8 Å². The normalized spacial score (nSPS) is 12.1. The average molecular weight is 296 g/mol. The largest absolute Gasteiger partial charge is 0.493 e. The standard InChI is InChI=1S/C15H24N2O4/c1-14(2,13(18)19)15(3,4)17-9-10-12(21-6)11(20-5)7-8-16-10/h7-8,17H,9H2,1-6H3,(H,18,19). The molecule has 0 fully saturated rings. The Labute approximate surface area is 125 Å². The summed E-state index contributed by atoms with van der Waals surface area (Å²) < 4.78 is 10.5. The maximum atomic E-state index is 11.4. The zero-order valence-corrected chi connectivity index (χ0v) is 13.5. The third kappa shape index (κ3) is 3.44. The maximum Gasteiger partial charge on any atom is 0.310 e. The van der Waals surface area contributed by atoms with Crippen molar-refractivity contribution < 1.29 is 19.4 Å². The van der Waals surface area contributed by atoms with Gasteiger partial charge in [-0.15, -0.1) is 0 Å². The minimum atomic E-state index is -0.931. The molecule has 21 heavy (non-hydrogen) atoms. The van der Waals surface area contributed by atoms with Gasteiger partial charge >= 0.3 is 5.97 Å². The molecule has 0 aliphatic carbocycles. The number of carbonyl (C=O) groups is 1. The lowest BCUT2D eigenvalue weighted by atomic mass is 9.74. The third-order valence-corrected chi connectivity index (χ3v) is 4.16. The lowest BCUT2D eigenvalue weighted by Crippen LogP contribution is -2.54. The van der Waals surface area contributed by atoms with Gasteiger partial charge in [0.15, 0.2) is 11.5 Å². The fourth-order valence-electron chi connectivity index (χ4n) is 1.77. The van der Waals surface area contributed by atoms with E-state index in [9.17, 15) is 9.90 Å². The number of carboxylic acids is 1. The summed E-state index contributed by atoms with van der Waals surface area (Å²) >= 11 is 0. The molecule has 0 aliphatic heterocycles. The minimum absolute atomic E-state index is 0.379. The van der Waals surface area contributed by atoms with Gasteiger partial charge in [-0.25, -0.2) is 0 Å². The zero-order valence-electron chi connectivity index (χ0n) is 13.5. The number of nitrogens with one attached hydrogen (secondary N) is 1. The molecule has 0 spiro atoms. The third-order valence-electron chi connectivity index (χ3n) is 4.16. The maximum absolute atomic E-state index is 11.4. The highest BCUT2D eigenvalue weighted by atomic mass is 16.5. The first kappa shape index (κ1) is 17.2. The molecule has 118 valence electrons. The second-order valence-electron chi connectivity index (χ2n) is 5.90. The van der Waals surface area contributed by atoms with Crippen molar-refractivity contribution in [2.45, 2.75) is 39.8 Å². The quantitative estimate of drug-likeness (QED) is 0.802. The van der Waals surface area contributed by atoms with Gasteiger partial charge in [-0.1, -0.05) is 0 Å². The molecule has 0 amide bonds. The van der Waals surface area contributed by atoms with E-state index in [1.54, 1.807) is 40.3 Å². The van der Waals surface area contributed by atoms with Crippen molar-refractivity contribution in [2.75, 3.05) is 14.2 Å². The lowest BCUT2D eigenvalue weighted by molar-refractivity contribution is -0.151. The number of hydrogen-bond donors (Lipinski definition) is 2. The number of rotatable bonds is 7. The van der Waals surface area contributed by atoms with Crippen molar-refractivity contribution >= 4 is 5.97 Å². The summed E-state index contributed by atoms with van der Waals surface area (Å²) in [4.78, 5) is 15.7. The van der Waals surface area contributed by atoms with Crippen LogP contribution in [0.25, 0.3) is 0 Å². The Morgan fingerprint density at radius 1 is 1.29 bits per heavy atom. The first-order valence-electron chi connectivity index (χ1n) is 6.71. The van der Waals surface area contributed by atoms with E-state index in [4.69, 9.17) is 9.47 Å². The van der Waals surface area contributed by atoms with Crippen LogP contribution in [-0.2, 0) is 11.3 Å². The van der Waals surface area contributed by atoms with Gasteiger partial charge in [0.2, 0.25) is 0 Å². The summed E-state index contributed by atoms with van der Waals surface area (Å²) in [5.41, 5.74) is -0.889. The van der Waals surface area contributed by atoms with Crippen molar-refractivity contribution in [2.24, 2.45) is 5.41 Å². The summed E-state index contributed by atoms with van der Waals surface area (Å²) in [6.07, 6.45) is 1.63. The molecule has 0 atom stereocenters. The number of pyridine rings is 1. The molecule has 1 aromatic heterocycles. The second kappa shape index (κ2) is 6.30. The number of ether oxygens (including phenoxy) is 2. The molecule has 6 heteroatoms. The van der Waals surface area contributed by atoms with E-state index in [0.717, 1.165) is 0 Å². The van der Waals surface area contributed by atoms with E-state index in [2.05, 4.69) is 10.3 Å². The molecule has 0 radical (unpaired) electrons. The first-order valence-corrected chi connectivity index (χ1v) is 6.71. The Kier molecular flexibility index (Phi) is 5.17. The van der Waals surface area contributed by atoms with Crippen LogP contribution in [0.15, 0.2) is 12.3 Å². The van der Waals surface area contributed by atoms with E-state index >= 15 is 0 Å². The molecule has 1 aromatic rings. The number of hydrogen-bond acceptors (Lipinski definition) is 5. The van der Waals surface area contributed by atoms with Crippen LogP contribution in [0, 0.1) is 5.41 Å². The Morgan fingerprint density at radius 2 is 1.90 bits per heavy atom. The highest BCUT2D eigenvalue weighted by Crippen LogP contribution is 2.33. The van der Waals surface area contributed by atoms with Crippen molar-refractivity contribution in [3.63, 3.8) is 0 Å². The topological polar surface area (TPSA) is 80.7 Å². The molecular formula is C15H24N2O4. The zero-order chi connectivity index (χ0) is 16.3. The molecule has 0 bridgehead atoms. The van der Waals surface area contributed by atoms with Crippen molar-refractivity contribution in [1.82, 2.24) is 10.3 Å². The number of nitrogens with zero attached hydrogens (tertiary/aromatic N) is 1. The van der Waals surface area contributed by atoms with E-state index in [1.807, 2.05) is 13.8 Å². The predicted molar refractivity (Wildman–Crippen MR) is 79.7 cm³/mol. The minimum Gasteiger partial charge on any atom is -0.493 e. The summed E-state index contributed by atoms with van der Waals surface area (Å²) in [5, 5.41) is 12.6. The smallest absolute Gasteiger partial charge is 0.310 e. The Bertz CT molecular complexity index is 512.